The van der Waals surface area contributed by atoms with E-state index in [1.165, 1.54) is 0 Å². The third-order valence-electron chi connectivity index (χ3n) is 4.07. The minimum Gasteiger partial charge on any atom is -0.497 e. The molecule has 1 atom stereocenters. The Morgan fingerprint density at radius 1 is 1.20 bits per heavy atom. The van der Waals surface area contributed by atoms with Gasteiger partial charge in [0.2, 0.25) is 11.8 Å². The van der Waals surface area contributed by atoms with Gasteiger partial charge >= 0.3 is 0 Å². The highest BCUT2D eigenvalue weighted by atomic mass is 79.9. The number of anilines is 2. The van der Waals surface area contributed by atoms with E-state index >= 15 is 0 Å². The maximum atomic E-state index is 12.6. The normalized spacial score (nSPS) is 16.8. The van der Waals surface area contributed by atoms with Crippen molar-refractivity contribution in [3.63, 3.8) is 0 Å². The van der Waals surface area contributed by atoms with Gasteiger partial charge in [-0.2, -0.15) is 0 Å². The van der Waals surface area contributed by atoms with Gasteiger partial charge in [-0.25, -0.2) is 0 Å². The van der Waals surface area contributed by atoms with E-state index in [2.05, 4.69) is 37.2 Å². The lowest BCUT2D eigenvalue weighted by Gasteiger charge is -2.17. The summed E-state index contributed by atoms with van der Waals surface area (Å²) in [5.74, 6) is 0.117. The number of ether oxygens (including phenoxy) is 1. The zero-order valence-electron chi connectivity index (χ0n) is 13.5. The lowest BCUT2D eigenvalue weighted by molar-refractivity contribution is -0.122. The molecule has 1 aliphatic rings. The van der Waals surface area contributed by atoms with Crippen molar-refractivity contribution in [1.82, 2.24) is 0 Å². The summed E-state index contributed by atoms with van der Waals surface area (Å²) < 4.78 is 6.79. The standard InChI is InChI=1S/C18H16Br2N2O3/c1-25-14-5-3-13(4-6-14)22-10-11(8-17(22)23)18(24)21-16-9-12(19)2-7-15(16)20/h2-7,9,11H,8,10H2,1H3,(H,21,24). The highest BCUT2D eigenvalue weighted by Crippen LogP contribution is 2.30. The number of benzene rings is 2. The fraction of sp³-hybridized carbons (Fsp3) is 0.222. The van der Waals surface area contributed by atoms with Gasteiger partial charge in [0.1, 0.15) is 5.75 Å². The summed E-state index contributed by atoms with van der Waals surface area (Å²) in [7, 11) is 1.59. The molecule has 1 saturated heterocycles. The minimum absolute atomic E-state index is 0.0568. The van der Waals surface area contributed by atoms with Crippen LogP contribution in [0.2, 0.25) is 0 Å². The second kappa shape index (κ2) is 7.58. The van der Waals surface area contributed by atoms with Gasteiger partial charge in [-0.3, -0.25) is 9.59 Å². The molecule has 2 amide bonds. The topological polar surface area (TPSA) is 58.6 Å². The molecule has 25 heavy (non-hydrogen) atoms. The van der Waals surface area contributed by atoms with Crippen molar-refractivity contribution in [2.75, 3.05) is 23.9 Å². The SMILES string of the molecule is COc1ccc(N2CC(C(=O)Nc3cc(Br)ccc3Br)CC2=O)cc1. The Labute approximate surface area is 162 Å². The lowest BCUT2D eigenvalue weighted by atomic mass is 10.1. The predicted octanol–water partition coefficient (Wildman–Crippen LogP) is 4.21. The Balaban J connectivity index is 1.70. The molecule has 1 N–H and O–H groups in total. The average Bonchev–Trinajstić information content (AvgIpc) is 3.00. The van der Waals surface area contributed by atoms with Crippen molar-refractivity contribution in [3.8, 4) is 5.75 Å². The van der Waals surface area contributed by atoms with E-state index in [1.807, 2.05) is 30.3 Å². The first-order chi connectivity index (χ1) is 12.0. The second-order valence-corrected chi connectivity index (χ2v) is 7.49. The van der Waals surface area contributed by atoms with Crippen LogP contribution in [0, 0.1) is 5.92 Å². The Morgan fingerprint density at radius 2 is 1.92 bits per heavy atom. The maximum absolute atomic E-state index is 12.6. The summed E-state index contributed by atoms with van der Waals surface area (Å²) in [5, 5.41) is 2.89. The molecule has 1 aliphatic heterocycles. The largest absolute Gasteiger partial charge is 0.497 e. The summed E-state index contributed by atoms with van der Waals surface area (Å²) in [6.45, 7) is 0.364. The molecule has 3 rings (SSSR count). The molecule has 0 saturated carbocycles. The van der Waals surface area contributed by atoms with Crippen molar-refractivity contribution in [2.45, 2.75) is 6.42 Å². The number of hydrogen-bond acceptors (Lipinski definition) is 3. The molecule has 7 heteroatoms. The van der Waals surface area contributed by atoms with E-state index in [1.54, 1.807) is 24.1 Å². The quantitative estimate of drug-likeness (QED) is 0.732. The number of nitrogens with zero attached hydrogens (tertiary/aromatic N) is 1. The van der Waals surface area contributed by atoms with Crippen molar-refractivity contribution in [2.24, 2.45) is 5.92 Å². The van der Waals surface area contributed by atoms with Gasteiger partial charge in [-0.05, 0) is 58.4 Å². The smallest absolute Gasteiger partial charge is 0.229 e. The molecule has 1 fully saturated rings. The number of hydrogen-bond donors (Lipinski definition) is 1. The molecule has 1 unspecified atom stereocenters. The van der Waals surface area contributed by atoms with Gasteiger partial charge in [0, 0.05) is 27.6 Å². The fourth-order valence-electron chi connectivity index (χ4n) is 2.72. The summed E-state index contributed by atoms with van der Waals surface area (Å²) in [4.78, 5) is 26.5. The average molecular weight is 468 g/mol. The molecule has 2 aromatic rings. The molecular formula is C18H16Br2N2O3. The Bertz CT molecular complexity index is 808. The molecule has 130 valence electrons. The number of methoxy groups -OCH3 is 1. The van der Waals surface area contributed by atoms with Crippen LogP contribution in [0.4, 0.5) is 11.4 Å². The van der Waals surface area contributed by atoms with Crippen LogP contribution in [-0.4, -0.2) is 25.5 Å². The van der Waals surface area contributed by atoms with Crippen LogP contribution in [0.25, 0.3) is 0 Å². The minimum atomic E-state index is -0.388. The van der Waals surface area contributed by atoms with E-state index < -0.39 is 0 Å². The first-order valence-electron chi connectivity index (χ1n) is 7.68. The summed E-state index contributed by atoms with van der Waals surface area (Å²) in [5.41, 5.74) is 1.44. The van der Waals surface area contributed by atoms with E-state index in [0.29, 0.717) is 12.2 Å². The van der Waals surface area contributed by atoms with E-state index in [4.69, 9.17) is 4.74 Å². The third-order valence-corrected chi connectivity index (χ3v) is 5.25. The number of carbonyl (C=O) groups excluding carboxylic acids is 2. The van der Waals surface area contributed by atoms with Crippen LogP contribution in [-0.2, 0) is 9.59 Å². The molecular weight excluding hydrogens is 452 g/mol. The lowest BCUT2D eigenvalue weighted by Crippen LogP contribution is -2.28. The second-order valence-electron chi connectivity index (χ2n) is 5.72. The van der Waals surface area contributed by atoms with Crippen LogP contribution in [0.5, 0.6) is 5.75 Å². The van der Waals surface area contributed by atoms with E-state index in [9.17, 15) is 9.59 Å². The summed E-state index contributed by atoms with van der Waals surface area (Å²) >= 11 is 6.80. The molecule has 0 radical (unpaired) electrons. The fourth-order valence-corrected chi connectivity index (χ4v) is 3.43. The van der Waals surface area contributed by atoms with Crippen molar-refractivity contribution in [3.05, 3.63) is 51.4 Å². The molecule has 2 aromatic carbocycles. The van der Waals surface area contributed by atoms with Crippen LogP contribution >= 0.6 is 31.9 Å². The van der Waals surface area contributed by atoms with Crippen molar-refractivity contribution < 1.29 is 14.3 Å². The molecule has 0 spiro atoms. The number of carbonyl (C=O) groups is 2. The highest BCUT2D eigenvalue weighted by molar-refractivity contribution is 9.11. The number of rotatable bonds is 4. The number of nitrogens with one attached hydrogen (secondary N) is 1. The van der Waals surface area contributed by atoms with Gasteiger partial charge in [0.05, 0.1) is 18.7 Å². The van der Waals surface area contributed by atoms with Gasteiger partial charge in [-0.15, -0.1) is 0 Å². The van der Waals surface area contributed by atoms with E-state index in [0.717, 1.165) is 20.4 Å². The Hall–Kier alpha value is -1.86. The first kappa shape index (κ1) is 17.9. The van der Waals surface area contributed by atoms with Crippen molar-refractivity contribution >= 4 is 55.0 Å². The van der Waals surface area contributed by atoms with Crippen LogP contribution in [0.1, 0.15) is 6.42 Å². The number of amides is 2. The van der Waals surface area contributed by atoms with Gasteiger partial charge in [0.25, 0.3) is 0 Å². The van der Waals surface area contributed by atoms with Gasteiger partial charge in [-0.1, -0.05) is 15.9 Å². The van der Waals surface area contributed by atoms with Crippen LogP contribution in [0.15, 0.2) is 51.4 Å². The summed E-state index contributed by atoms with van der Waals surface area (Å²) in [6.07, 6.45) is 0.198. The number of halogens is 2. The van der Waals surface area contributed by atoms with E-state index in [-0.39, 0.29) is 24.2 Å². The van der Waals surface area contributed by atoms with Gasteiger partial charge < -0.3 is 15.0 Å². The predicted molar refractivity (Wildman–Crippen MR) is 104 cm³/mol. The van der Waals surface area contributed by atoms with Crippen molar-refractivity contribution in [1.29, 1.82) is 0 Å². The third kappa shape index (κ3) is 4.04. The Morgan fingerprint density at radius 3 is 2.60 bits per heavy atom. The molecule has 1 heterocycles. The Kier molecular flexibility index (Phi) is 5.44. The molecule has 0 aliphatic carbocycles. The van der Waals surface area contributed by atoms with Crippen LogP contribution < -0.4 is 15.0 Å². The zero-order chi connectivity index (χ0) is 18.0. The van der Waals surface area contributed by atoms with Gasteiger partial charge in [0.15, 0.2) is 0 Å². The highest BCUT2D eigenvalue weighted by Gasteiger charge is 2.35. The summed E-state index contributed by atoms with van der Waals surface area (Å²) in [6, 6.07) is 12.8. The maximum Gasteiger partial charge on any atom is 0.229 e. The molecule has 0 aromatic heterocycles. The van der Waals surface area contributed by atoms with Crippen LogP contribution in [0.3, 0.4) is 0 Å². The molecule has 5 nitrogen and oxygen atoms in total. The monoisotopic (exact) mass is 466 g/mol. The zero-order valence-corrected chi connectivity index (χ0v) is 16.6. The molecule has 0 bridgehead atoms. The first-order valence-corrected chi connectivity index (χ1v) is 9.27.